The third-order valence-electron chi connectivity index (χ3n) is 3.86. The maximum atomic E-state index is 6.12. The van der Waals surface area contributed by atoms with Crippen molar-refractivity contribution < 1.29 is 9.47 Å². The van der Waals surface area contributed by atoms with Gasteiger partial charge in [0, 0.05) is 10.0 Å². The van der Waals surface area contributed by atoms with Crippen LogP contribution in [0.5, 0.6) is 11.5 Å². The molecule has 19 heavy (non-hydrogen) atoms. The first-order valence-corrected chi connectivity index (χ1v) is 7.82. The van der Waals surface area contributed by atoms with Crippen LogP contribution < -0.4 is 14.8 Å². The Hall–Kier alpha value is -0.740. The fourth-order valence-corrected chi connectivity index (χ4v) is 3.11. The Morgan fingerprint density at radius 1 is 1.16 bits per heavy atom. The Kier molecular flexibility index (Phi) is 3.99. The molecule has 0 radical (unpaired) electrons. The Labute approximate surface area is 122 Å². The van der Waals surface area contributed by atoms with E-state index in [4.69, 9.17) is 9.47 Å². The molecule has 1 aliphatic carbocycles. The van der Waals surface area contributed by atoms with Gasteiger partial charge < -0.3 is 14.8 Å². The zero-order chi connectivity index (χ0) is 13.2. The van der Waals surface area contributed by atoms with Gasteiger partial charge in [-0.15, -0.1) is 0 Å². The summed E-state index contributed by atoms with van der Waals surface area (Å²) in [4.78, 5) is 0. The zero-order valence-corrected chi connectivity index (χ0v) is 12.8. The monoisotopic (exact) mass is 325 g/mol. The lowest BCUT2D eigenvalue weighted by Gasteiger charge is -2.26. The van der Waals surface area contributed by atoms with E-state index in [1.807, 2.05) is 6.07 Å². The summed E-state index contributed by atoms with van der Waals surface area (Å²) >= 11 is 3.59. The van der Waals surface area contributed by atoms with Crippen molar-refractivity contribution in [2.45, 2.75) is 37.7 Å². The SMILES string of the molecule is COc1cc(Br)cc(C2CCNCC2)c1OC1CC1. The Balaban J connectivity index is 1.95. The lowest BCUT2D eigenvalue weighted by atomic mass is 9.89. The van der Waals surface area contributed by atoms with Crippen molar-refractivity contribution in [2.75, 3.05) is 20.2 Å². The van der Waals surface area contributed by atoms with Crippen LogP contribution in [0.3, 0.4) is 0 Å². The molecular weight excluding hydrogens is 306 g/mol. The Bertz CT molecular complexity index is 454. The lowest BCUT2D eigenvalue weighted by molar-refractivity contribution is 0.274. The third-order valence-corrected chi connectivity index (χ3v) is 4.31. The van der Waals surface area contributed by atoms with E-state index in [1.54, 1.807) is 7.11 Å². The minimum Gasteiger partial charge on any atom is -0.493 e. The largest absolute Gasteiger partial charge is 0.493 e. The van der Waals surface area contributed by atoms with E-state index >= 15 is 0 Å². The number of nitrogens with one attached hydrogen (secondary N) is 1. The first kappa shape index (κ1) is 13.3. The zero-order valence-electron chi connectivity index (χ0n) is 11.2. The summed E-state index contributed by atoms with van der Waals surface area (Å²) in [7, 11) is 1.72. The highest BCUT2D eigenvalue weighted by Gasteiger charge is 2.29. The van der Waals surface area contributed by atoms with Gasteiger partial charge in [0.25, 0.3) is 0 Å². The Morgan fingerprint density at radius 2 is 1.89 bits per heavy atom. The number of benzene rings is 1. The molecule has 0 unspecified atom stereocenters. The molecule has 1 heterocycles. The molecule has 3 nitrogen and oxygen atoms in total. The number of piperidine rings is 1. The molecule has 1 saturated heterocycles. The van der Waals surface area contributed by atoms with Crippen LogP contribution in [-0.4, -0.2) is 26.3 Å². The molecule has 1 aromatic carbocycles. The van der Waals surface area contributed by atoms with Crippen LogP contribution in [0, 0.1) is 0 Å². The normalized spacial score (nSPS) is 20.3. The molecule has 4 heteroatoms. The van der Waals surface area contributed by atoms with E-state index in [1.165, 1.54) is 31.2 Å². The average molecular weight is 326 g/mol. The summed E-state index contributed by atoms with van der Waals surface area (Å²) in [6.45, 7) is 2.17. The van der Waals surface area contributed by atoms with Crippen LogP contribution >= 0.6 is 15.9 Å². The molecule has 0 bridgehead atoms. The lowest BCUT2D eigenvalue weighted by Crippen LogP contribution is -2.27. The van der Waals surface area contributed by atoms with Crippen LogP contribution in [0.15, 0.2) is 16.6 Å². The summed E-state index contributed by atoms with van der Waals surface area (Å²) in [5, 5.41) is 3.42. The van der Waals surface area contributed by atoms with Crippen molar-refractivity contribution in [1.82, 2.24) is 5.32 Å². The summed E-state index contributed by atoms with van der Waals surface area (Å²) in [5.41, 5.74) is 1.31. The van der Waals surface area contributed by atoms with E-state index in [-0.39, 0.29) is 0 Å². The molecule has 104 valence electrons. The quantitative estimate of drug-likeness (QED) is 0.919. The van der Waals surface area contributed by atoms with Crippen molar-refractivity contribution in [3.8, 4) is 11.5 Å². The highest BCUT2D eigenvalue weighted by molar-refractivity contribution is 9.10. The minimum absolute atomic E-state index is 0.399. The van der Waals surface area contributed by atoms with Gasteiger partial charge in [-0.3, -0.25) is 0 Å². The molecule has 1 aromatic rings. The maximum absolute atomic E-state index is 6.12. The molecule has 0 amide bonds. The predicted octanol–water partition coefficient (Wildman–Crippen LogP) is 3.47. The number of ether oxygens (including phenoxy) is 2. The van der Waals surface area contributed by atoms with E-state index < -0.39 is 0 Å². The fraction of sp³-hybridized carbons (Fsp3) is 0.600. The van der Waals surface area contributed by atoms with Gasteiger partial charge in [-0.2, -0.15) is 0 Å². The highest BCUT2D eigenvalue weighted by atomic mass is 79.9. The average Bonchev–Trinajstić information content (AvgIpc) is 3.25. The highest BCUT2D eigenvalue weighted by Crippen LogP contribution is 2.43. The van der Waals surface area contributed by atoms with Crippen molar-refractivity contribution in [2.24, 2.45) is 0 Å². The van der Waals surface area contributed by atoms with Gasteiger partial charge in [-0.05, 0) is 56.8 Å². The van der Waals surface area contributed by atoms with Gasteiger partial charge in [-0.1, -0.05) is 15.9 Å². The first-order chi connectivity index (χ1) is 9.28. The van der Waals surface area contributed by atoms with Gasteiger partial charge in [-0.25, -0.2) is 0 Å². The van der Waals surface area contributed by atoms with Crippen molar-refractivity contribution in [3.05, 3.63) is 22.2 Å². The van der Waals surface area contributed by atoms with Gasteiger partial charge in [0.1, 0.15) is 0 Å². The van der Waals surface area contributed by atoms with Gasteiger partial charge in [0.05, 0.1) is 13.2 Å². The van der Waals surface area contributed by atoms with Gasteiger partial charge in [0.2, 0.25) is 0 Å². The molecular formula is C15H20BrNO2. The number of halogens is 1. The molecule has 0 aromatic heterocycles. The van der Waals surface area contributed by atoms with Crippen molar-refractivity contribution in [1.29, 1.82) is 0 Å². The van der Waals surface area contributed by atoms with Crippen LogP contribution in [0.1, 0.15) is 37.2 Å². The smallest absolute Gasteiger partial charge is 0.165 e. The van der Waals surface area contributed by atoms with E-state index in [0.29, 0.717) is 12.0 Å². The van der Waals surface area contributed by atoms with Crippen molar-refractivity contribution in [3.63, 3.8) is 0 Å². The maximum Gasteiger partial charge on any atom is 0.165 e. The molecule has 1 saturated carbocycles. The molecule has 2 aliphatic rings. The van der Waals surface area contributed by atoms with Crippen LogP contribution in [-0.2, 0) is 0 Å². The molecule has 2 fully saturated rings. The standard InChI is InChI=1S/C15H20BrNO2/c1-18-14-9-11(16)8-13(10-4-6-17-7-5-10)15(14)19-12-2-3-12/h8-10,12,17H,2-7H2,1H3. The van der Waals surface area contributed by atoms with Crippen LogP contribution in [0.25, 0.3) is 0 Å². The topological polar surface area (TPSA) is 30.5 Å². The van der Waals surface area contributed by atoms with E-state index in [2.05, 4.69) is 27.3 Å². The Morgan fingerprint density at radius 3 is 2.53 bits per heavy atom. The summed E-state index contributed by atoms with van der Waals surface area (Å²) < 4.78 is 12.7. The second kappa shape index (κ2) is 5.71. The molecule has 1 aliphatic heterocycles. The number of methoxy groups -OCH3 is 1. The molecule has 0 spiro atoms. The van der Waals surface area contributed by atoms with Gasteiger partial charge in [0.15, 0.2) is 11.5 Å². The number of hydrogen-bond acceptors (Lipinski definition) is 3. The van der Waals surface area contributed by atoms with Gasteiger partial charge >= 0.3 is 0 Å². The fourth-order valence-electron chi connectivity index (χ4n) is 2.66. The molecule has 0 atom stereocenters. The first-order valence-electron chi connectivity index (χ1n) is 7.02. The second-order valence-electron chi connectivity index (χ2n) is 5.37. The summed E-state index contributed by atoms with van der Waals surface area (Å²) in [6.07, 6.45) is 5.08. The third kappa shape index (κ3) is 3.06. The van der Waals surface area contributed by atoms with Crippen LogP contribution in [0.2, 0.25) is 0 Å². The second-order valence-corrected chi connectivity index (χ2v) is 6.28. The summed E-state index contributed by atoms with van der Waals surface area (Å²) in [5.74, 6) is 2.40. The minimum atomic E-state index is 0.399. The van der Waals surface area contributed by atoms with E-state index in [9.17, 15) is 0 Å². The number of rotatable bonds is 4. The molecule has 3 rings (SSSR count). The van der Waals surface area contributed by atoms with Crippen LogP contribution in [0.4, 0.5) is 0 Å². The van der Waals surface area contributed by atoms with Crippen molar-refractivity contribution >= 4 is 15.9 Å². The van der Waals surface area contributed by atoms with E-state index in [0.717, 1.165) is 29.1 Å². The molecule has 1 N–H and O–H groups in total. The number of hydrogen-bond donors (Lipinski definition) is 1. The summed E-state index contributed by atoms with van der Waals surface area (Å²) in [6, 6.07) is 4.21. The predicted molar refractivity (Wildman–Crippen MR) is 79.2 cm³/mol.